The van der Waals surface area contributed by atoms with Crippen molar-refractivity contribution in [2.75, 3.05) is 6.61 Å². The van der Waals surface area contributed by atoms with Crippen LogP contribution in [0.5, 0.6) is 5.75 Å². The summed E-state index contributed by atoms with van der Waals surface area (Å²) in [4.78, 5) is 17.0. The lowest BCUT2D eigenvalue weighted by molar-refractivity contribution is 0.320. The first-order valence-corrected chi connectivity index (χ1v) is 7.92. The van der Waals surface area contributed by atoms with Gasteiger partial charge in [-0.15, -0.1) is 11.3 Å². The minimum atomic E-state index is 0.0608. The molecule has 2 aromatic heterocycles. The maximum atomic E-state index is 12.8. The molecule has 0 aliphatic carbocycles. The highest BCUT2D eigenvalue weighted by Gasteiger charge is 2.13. The van der Waals surface area contributed by atoms with Gasteiger partial charge in [0.1, 0.15) is 5.75 Å². The maximum Gasteiger partial charge on any atom is 0.198 e. The Bertz CT molecular complexity index is 819. The summed E-state index contributed by atoms with van der Waals surface area (Å²) in [5, 5.41) is 2.70. The Hall–Kier alpha value is -2.07. The first-order chi connectivity index (χ1) is 10.2. The van der Waals surface area contributed by atoms with Crippen LogP contribution in [0.15, 0.2) is 40.6 Å². The van der Waals surface area contributed by atoms with E-state index in [4.69, 9.17) is 4.74 Å². The molecular formula is C17H17NO2S. The predicted molar refractivity (Wildman–Crippen MR) is 88.4 cm³/mol. The fourth-order valence-corrected chi connectivity index (χ4v) is 3.15. The lowest BCUT2D eigenvalue weighted by atomic mass is 10.1. The maximum absolute atomic E-state index is 12.8. The number of aromatic amines is 1. The molecule has 4 heteroatoms. The number of nitrogens with one attached hydrogen (secondary N) is 1. The summed E-state index contributed by atoms with van der Waals surface area (Å²) in [6.45, 7) is 4.67. The molecule has 3 nitrogen and oxygen atoms in total. The topological polar surface area (TPSA) is 42.1 Å². The van der Waals surface area contributed by atoms with Crippen molar-refractivity contribution in [3.63, 3.8) is 0 Å². The average Bonchev–Trinajstić information content (AvgIpc) is 3.01. The van der Waals surface area contributed by atoms with Crippen molar-refractivity contribution in [2.45, 2.75) is 20.3 Å². The Morgan fingerprint density at radius 2 is 2.14 bits per heavy atom. The summed E-state index contributed by atoms with van der Waals surface area (Å²) in [7, 11) is 0. The molecule has 1 aromatic carbocycles. The Morgan fingerprint density at radius 3 is 2.86 bits per heavy atom. The third kappa shape index (κ3) is 2.47. The van der Waals surface area contributed by atoms with Crippen LogP contribution in [0.2, 0.25) is 0 Å². The summed E-state index contributed by atoms with van der Waals surface area (Å²) >= 11 is 1.57. The number of hydrogen-bond acceptors (Lipinski definition) is 3. The summed E-state index contributed by atoms with van der Waals surface area (Å²) in [5.41, 5.74) is 2.53. The van der Waals surface area contributed by atoms with Crippen molar-refractivity contribution in [1.82, 2.24) is 4.98 Å². The van der Waals surface area contributed by atoms with Crippen LogP contribution in [0.25, 0.3) is 21.3 Å². The van der Waals surface area contributed by atoms with Crippen LogP contribution in [-0.2, 0) is 0 Å². The van der Waals surface area contributed by atoms with E-state index in [2.05, 4.69) is 11.9 Å². The monoisotopic (exact) mass is 299 g/mol. The number of H-pyrrole nitrogens is 1. The Balaban J connectivity index is 2.24. The molecule has 108 valence electrons. The summed E-state index contributed by atoms with van der Waals surface area (Å²) < 4.78 is 5.74. The van der Waals surface area contributed by atoms with Gasteiger partial charge >= 0.3 is 0 Å². The normalized spacial score (nSPS) is 11.0. The van der Waals surface area contributed by atoms with Gasteiger partial charge in [-0.2, -0.15) is 0 Å². The molecule has 0 unspecified atom stereocenters. The third-order valence-electron chi connectivity index (χ3n) is 3.46. The molecule has 0 saturated heterocycles. The van der Waals surface area contributed by atoms with E-state index in [1.54, 1.807) is 17.5 Å². The van der Waals surface area contributed by atoms with Crippen molar-refractivity contribution in [3.05, 3.63) is 51.6 Å². The van der Waals surface area contributed by atoms with E-state index in [0.29, 0.717) is 12.2 Å². The number of aryl methyl sites for hydroxylation is 1. The highest BCUT2D eigenvalue weighted by Crippen LogP contribution is 2.28. The van der Waals surface area contributed by atoms with Crippen molar-refractivity contribution in [1.29, 1.82) is 0 Å². The number of benzene rings is 1. The number of fused-ring (bicyclic) bond motifs is 1. The first kappa shape index (κ1) is 13.9. The quantitative estimate of drug-likeness (QED) is 0.778. The van der Waals surface area contributed by atoms with Gasteiger partial charge in [-0.3, -0.25) is 4.79 Å². The minimum absolute atomic E-state index is 0.0608. The van der Waals surface area contributed by atoms with Crippen LogP contribution >= 0.6 is 11.3 Å². The van der Waals surface area contributed by atoms with Crippen LogP contribution in [-0.4, -0.2) is 11.6 Å². The zero-order valence-electron chi connectivity index (χ0n) is 12.1. The van der Waals surface area contributed by atoms with E-state index >= 15 is 0 Å². The molecule has 0 atom stereocenters. The van der Waals surface area contributed by atoms with Crippen LogP contribution in [0.1, 0.15) is 18.9 Å². The second kappa shape index (κ2) is 5.74. The van der Waals surface area contributed by atoms with Gasteiger partial charge in [0.2, 0.25) is 0 Å². The van der Waals surface area contributed by atoms with E-state index in [1.807, 2.05) is 36.6 Å². The second-order valence-electron chi connectivity index (χ2n) is 4.99. The first-order valence-electron chi connectivity index (χ1n) is 7.04. The van der Waals surface area contributed by atoms with Crippen molar-refractivity contribution in [3.8, 4) is 16.2 Å². The van der Waals surface area contributed by atoms with Crippen molar-refractivity contribution in [2.24, 2.45) is 0 Å². The van der Waals surface area contributed by atoms with E-state index in [1.165, 1.54) is 0 Å². The van der Waals surface area contributed by atoms with Gasteiger partial charge in [0.15, 0.2) is 5.43 Å². The minimum Gasteiger partial charge on any atom is -0.491 e. The van der Waals surface area contributed by atoms with E-state index in [9.17, 15) is 4.79 Å². The summed E-state index contributed by atoms with van der Waals surface area (Å²) in [6, 6.07) is 7.79. The molecule has 3 aromatic rings. The standard InChI is InChI=1S/C17H17NO2S/c1-3-8-20-13-7-6-11(2)15-16(13)18-10-12(17(15)19)14-5-4-9-21-14/h4-7,9-10H,3,8H2,1-2H3,(H,18,19). The van der Waals surface area contributed by atoms with Gasteiger partial charge in [-0.1, -0.05) is 19.1 Å². The van der Waals surface area contributed by atoms with E-state index in [0.717, 1.165) is 33.5 Å². The number of rotatable bonds is 4. The van der Waals surface area contributed by atoms with Gasteiger partial charge in [0.05, 0.1) is 23.1 Å². The summed E-state index contributed by atoms with van der Waals surface area (Å²) in [5.74, 6) is 0.743. The molecule has 0 aliphatic heterocycles. The van der Waals surface area contributed by atoms with Crippen molar-refractivity contribution < 1.29 is 4.74 Å². The Morgan fingerprint density at radius 1 is 1.29 bits per heavy atom. The van der Waals surface area contributed by atoms with Crippen LogP contribution in [0.4, 0.5) is 0 Å². The Labute approximate surface area is 127 Å². The molecule has 0 amide bonds. The lowest BCUT2D eigenvalue weighted by Gasteiger charge is -2.11. The fraction of sp³-hybridized carbons (Fsp3) is 0.235. The number of pyridine rings is 1. The average molecular weight is 299 g/mol. The number of aromatic nitrogens is 1. The van der Waals surface area contributed by atoms with E-state index < -0.39 is 0 Å². The van der Waals surface area contributed by atoms with Crippen LogP contribution in [0.3, 0.4) is 0 Å². The van der Waals surface area contributed by atoms with Crippen LogP contribution in [0, 0.1) is 6.92 Å². The van der Waals surface area contributed by atoms with Crippen molar-refractivity contribution >= 4 is 22.2 Å². The molecule has 3 rings (SSSR count). The number of hydrogen-bond donors (Lipinski definition) is 1. The molecule has 2 heterocycles. The molecular weight excluding hydrogens is 282 g/mol. The zero-order valence-corrected chi connectivity index (χ0v) is 12.9. The molecule has 1 N–H and O–H groups in total. The fourth-order valence-electron chi connectivity index (χ4n) is 2.42. The van der Waals surface area contributed by atoms with Gasteiger partial charge in [-0.25, -0.2) is 0 Å². The molecule has 0 spiro atoms. The predicted octanol–water partition coefficient (Wildman–Crippen LogP) is 4.35. The molecule has 0 fully saturated rings. The Kier molecular flexibility index (Phi) is 3.80. The summed E-state index contributed by atoms with van der Waals surface area (Å²) in [6.07, 6.45) is 2.72. The second-order valence-corrected chi connectivity index (χ2v) is 5.94. The zero-order chi connectivity index (χ0) is 14.8. The number of ether oxygens (including phenoxy) is 1. The number of thiophene rings is 1. The van der Waals surface area contributed by atoms with Gasteiger partial charge < -0.3 is 9.72 Å². The highest BCUT2D eigenvalue weighted by molar-refractivity contribution is 7.13. The molecule has 0 radical (unpaired) electrons. The largest absolute Gasteiger partial charge is 0.491 e. The van der Waals surface area contributed by atoms with Gasteiger partial charge in [0, 0.05) is 11.1 Å². The molecule has 0 bridgehead atoms. The van der Waals surface area contributed by atoms with Crippen LogP contribution < -0.4 is 10.2 Å². The SMILES string of the molecule is CCCOc1ccc(C)c2c(=O)c(-c3cccs3)c[nH]c12. The lowest BCUT2D eigenvalue weighted by Crippen LogP contribution is -2.08. The molecule has 21 heavy (non-hydrogen) atoms. The molecule has 0 aliphatic rings. The third-order valence-corrected chi connectivity index (χ3v) is 4.36. The van der Waals surface area contributed by atoms with Gasteiger partial charge in [0.25, 0.3) is 0 Å². The van der Waals surface area contributed by atoms with E-state index in [-0.39, 0.29) is 5.43 Å². The smallest absolute Gasteiger partial charge is 0.198 e. The highest BCUT2D eigenvalue weighted by atomic mass is 32.1. The van der Waals surface area contributed by atoms with Gasteiger partial charge in [-0.05, 0) is 36.4 Å². The molecule has 0 saturated carbocycles.